The molecule has 100 valence electrons. The predicted octanol–water partition coefficient (Wildman–Crippen LogP) is 2.13. The van der Waals surface area contributed by atoms with E-state index in [1.165, 1.54) is 37.3 Å². The summed E-state index contributed by atoms with van der Waals surface area (Å²) in [7, 11) is 0. The number of hydrogen-bond acceptors (Lipinski definition) is 5. The van der Waals surface area contributed by atoms with E-state index in [2.05, 4.69) is 0 Å². The summed E-state index contributed by atoms with van der Waals surface area (Å²) in [5.74, 6) is -1.12. The highest BCUT2D eigenvalue weighted by atomic mass is 16.6. The Bertz CT molecular complexity index is 530. The van der Waals surface area contributed by atoms with Gasteiger partial charge in [0.05, 0.1) is 11.5 Å². The van der Waals surface area contributed by atoms with Gasteiger partial charge in [0.1, 0.15) is 5.57 Å². The third-order valence-electron chi connectivity index (χ3n) is 2.29. The van der Waals surface area contributed by atoms with Crippen molar-refractivity contribution < 1.29 is 19.2 Å². The molecule has 0 atom stereocenters. The lowest BCUT2D eigenvalue weighted by molar-refractivity contribution is -0.384. The first-order chi connectivity index (χ1) is 8.95. The van der Waals surface area contributed by atoms with Crippen LogP contribution in [0.5, 0.6) is 0 Å². The van der Waals surface area contributed by atoms with Gasteiger partial charge in [0.2, 0.25) is 0 Å². The molecule has 0 spiro atoms. The fourth-order valence-corrected chi connectivity index (χ4v) is 1.37. The highest BCUT2D eigenvalue weighted by Crippen LogP contribution is 2.15. The molecule has 0 heterocycles. The zero-order valence-electron chi connectivity index (χ0n) is 10.6. The molecule has 1 aromatic rings. The fraction of sp³-hybridized carbons (Fsp3) is 0.231. The number of hydrogen-bond donors (Lipinski definition) is 0. The number of rotatable bonds is 5. The van der Waals surface area contributed by atoms with Crippen LogP contribution in [0.4, 0.5) is 5.69 Å². The van der Waals surface area contributed by atoms with Crippen molar-refractivity contribution in [1.29, 1.82) is 0 Å². The van der Waals surface area contributed by atoms with Gasteiger partial charge in [-0.25, -0.2) is 4.79 Å². The summed E-state index contributed by atoms with van der Waals surface area (Å²) < 4.78 is 4.76. The van der Waals surface area contributed by atoms with Crippen LogP contribution in [0.1, 0.15) is 19.4 Å². The van der Waals surface area contributed by atoms with Gasteiger partial charge in [-0.2, -0.15) is 0 Å². The van der Waals surface area contributed by atoms with Crippen molar-refractivity contribution in [3.8, 4) is 0 Å². The molecule has 0 aliphatic heterocycles. The number of carbonyl (C=O) groups is 2. The average molecular weight is 263 g/mol. The second-order valence-corrected chi connectivity index (χ2v) is 3.68. The number of benzene rings is 1. The van der Waals surface area contributed by atoms with Gasteiger partial charge in [0, 0.05) is 12.1 Å². The summed E-state index contributed by atoms with van der Waals surface area (Å²) >= 11 is 0. The maximum absolute atomic E-state index is 11.5. The Labute approximate surface area is 109 Å². The summed E-state index contributed by atoms with van der Waals surface area (Å²) in [4.78, 5) is 32.9. The van der Waals surface area contributed by atoms with E-state index in [4.69, 9.17) is 4.74 Å². The van der Waals surface area contributed by atoms with Crippen molar-refractivity contribution in [2.75, 3.05) is 6.61 Å². The number of ketones is 1. The number of nitrogens with zero attached hydrogens (tertiary/aromatic N) is 1. The number of carbonyl (C=O) groups excluding carboxylic acids is 2. The smallest absolute Gasteiger partial charge is 0.341 e. The number of ether oxygens (including phenoxy) is 1. The third-order valence-corrected chi connectivity index (χ3v) is 2.29. The average Bonchev–Trinajstić information content (AvgIpc) is 2.36. The van der Waals surface area contributed by atoms with Gasteiger partial charge in [-0.1, -0.05) is 0 Å². The molecule has 0 N–H and O–H groups in total. The van der Waals surface area contributed by atoms with E-state index in [0.29, 0.717) is 5.56 Å². The molecule has 1 aromatic carbocycles. The van der Waals surface area contributed by atoms with Gasteiger partial charge < -0.3 is 4.74 Å². The van der Waals surface area contributed by atoms with E-state index in [9.17, 15) is 19.7 Å². The van der Waals surface area contributed by atoms with Gasteiger partial charge in [-0.15, -0.1) is 0 Å². The fourth-order valence-electron chi connectivity index (χ4n) is 1.37. The van der Waals surface area contributed by atoms with E-state index in [0.717, 1.165) is 0 Å². The van der Waals surface area contributed by atoms with Crippen LogP contribution >= 0.6 is 0 Å². The molecule has 0 aliphatic carbocycles. The SMILES string of the molecule is CCOC(=O)/C(=C\c1ccc([N+](=O)[O-])cc1)C(C)=O. The first kappa shape index (κ1) is 14.6. The van der Waals surface area contributed by atoms with Crippen molar-refractivity contribution >= 4 is 23.5 Å². The monoisotopic (exact) mass is 263 g/mol. The highest BCUT2D eigenvalue weighted by Gasteiger charge is 2.15. The van der Waals surface area contributed by atoms with Crippen molar-refractivity contribution in [2.24, 2.45) is 0 Å². The van der Waals surface area contributed by atoms with Gasteiger partial charge >= 0.3 is 5.97 Å². The molecule has 0 saturated heterocycles. The Morgan fingerprint density at radius 1 is 1.32 bits per heavy atom. The third kappa shape index (κ3) is 4.02. The number of Topliss-reactive ketones (excluding diaryl/α,β-unsaturated/α-hetero) is 1. The quantitative estimate of drug-likeness (QED) is 0.203. The lowest BCUT2D eigenvalue weighted by atomic mass is 10.1. The zero-order chi connectivity index (χ0) is 14.4. The minimum Gasteiger partial charge on any atom is -0.462 e. The summed E-state index contributed by atoms with van der Waals surface area (Å²) in [6.45, 7) is 3.07. The zero-order valence-corrected chi connectivity index (χ0v) is 10.6. The molecule has 19 heavy (non-hydrogen) atoms. The molecule has 0 bridgehead atoms. The number of nitro benzene ring substituents is 1. The minimum atomic E-state index is -0.701. The molecule has 0 amide bonds. The van der Waals surface area contributed by atoms with Gasteiger partial charge in [-0.3, -0.25) is 14.9 Å². The molecule has 0 aromatic heterocycles. The van der Waals surface area contributed by atoms with E-state index >= 15 is 0 Å². The van der Waals surface area contributed by atoms with Crippen molar-refractivity contribution in [1.82, 2.24) is 0 Å². The molecule has 0 radical (unpaired) electrons. The topological polar surface area (TPSA) is 86.5 Å². The second kappa shape index (κ2) is 6.44. The second-order valence-electron chi connectivity index (χ2n) is 3.68. The largest absolute Gasteiger partial charge is 0.462 e. The van der Waals surface area contributed by atoms with Crippen molar-refractivity contribution in [2.45, 2.75) is 13.8 Å². The molecular weight excluding hydrogens is 250 g/mol. The van der Waals surface area contributed by atoms with Crippen LogP contribution in [-0.2, 0) is 14.3 Å². The number of nitro groups is 1. The summed E-state index contributed by atoms with van der Waals surface area (Å²) in [6.07, 6.45) is 1.35. The molecule has 0 unspecified atom stereocenters. The minimum absolute atomic E-state index is 0.0577. The van der Waals surface area contributed by atoms with Crippen LogP contribution in [-0.4, -0.2) is 23.3 Å². The maximum atomic E-state index is 11.5. The molecule has 0 saturated carbocycles. The lowest BCUT2D eigenvalue weighted by Crippen LogP contribution is -2.13. The first-order valence-corrected chi connectivity index (χ1v) is 5.60. The van der Waals surface area contributed by atoms with E-state index in [1.54, 1.807) is 6.92 Å². The first-order valence-electron chi connectivity index (χ1n) is 5.60. The Hall–Kier alpha value is -2.50. The Morgan fingerprint density at radius 3 is 2.32 bits per heavy atom. The standard InChI is InChI=1S/C13H13NO5/c1-3-19-13(16)12(9(2)15)8-10-4-6-11(7-5-10)14(17)18/h4-8H,3H2,1-2H3/b12-8-. The van der Waals surface area contributed by atoms with E-state index in [1.807, 2.05) is 0 Å². The van der Waals surface area contributed by atoms with Crippen molar-refractivity contribution in [3.05, 3.63) is 45.5 Å². The summed E-state index contributed by atoms with van der Waals surface area (Å²) in [5.41, 5.74) is 0.372. The summed E-state index contributed by atoms with van der Waals surface area (Å²) in [6, 6.07) is 5.52. The van der Waals surface area contributed by atoms with E-state index < -0.39 is 16.7 Å². The Kier molecular flexibility index (Phi) is 4.93. The normalized spacial score (nSPS) is 10.9. The molecule has 1 rings (SSSR count). The van der Waals surface area contributed by atoms with Crippen LogP contribution < -0.4 is 0 Å². The van der Waals surface area contributed by atoms with Crippen molar-refractivity contribution in [3.63, 3.8) is 0 Å². The Morgan fingerprint density at radius 2 is 1.89 bits per heavy atom. The number of esters is 1. The van der Waals surface area contributed by atoms with Crippen LogP contribution in [0.25, 0.3) is 6.08 Å². The van der Waals surface area contributed by atoms with Gasteiger partial charge in [-0.05, 0) is 37.6 Å². The molecule has 0 fully saturated rings. The van der Waals surface area contributed by atoms with E-state index in [-0.39, 0.29) is 17.9 Å². The lowest BCUT2D eigenvalue weighted by Gasteiger charge is -2.03. The Balaban J connectivity index is 3.05. The van der Waals surface area contributed by atoms with Crippen LogP contribution in [0.2, 0.25) is 0 Å². The summed E-state index contributed by atoms with van der Waals surface area (Å²) in [5, 5.41) is 10.5. The van der Waals surface area contributed by atoms with Gasteiger partial charge in [0.25, 0.3) is 5.69 Å². The van der Waals surface area contributed by atoms with Crippen LogP contribution in [0.15, 0.2) is 29.8 Å². The predicted molar refractivity (Wildman–Crippen MR) is 68.4 cm³/mol. The van der Waals surface area contributed by atoms with Crippen LogP contribution in [0.3, 0.4) is 0 Å². The number of non-ortho nitro benzene ring substituents is 1. The molecule has 6 heteroatoms. The molecule has 6 nitrogen and oxygen atoms in total. The molecule has 0 aliphatic rings. The molecular formula is C13H13NO5. The van der Waals surface area contributed by atoms with Crippen LogP contribution in [0, 0.1) is 10.1 Å². The maximum Gasteiger partial charge on any atom is 0.341 e. The highest BCUT2D eigenvalue weighted by molar-refractivity contribution is 6.19. The van der Waals surface area contributed by atoms with Gasteiger partial charge in [0.15, 0.2) is 5.78 Å².